The van der Waals surface area contributed by atoms with Gasteiger partial charge in [0.25, 0.3) is 0 Å². The third-order valence-electron chi connectivity index (χ3n) is 4.43. The molecule has 0 unspecified atom stereocenters. The van der Waals surface area contributed by atoms with Gasteiger partial charge in [-0.15, -0.1) is 0 Å². The Hall–Kier alpha value is -1.91. The van der Waals surface area contributed by atoms with E-state index in [4.69, 9.17) is 44.5 Å². The zero-order valence-electron chi connectivity index (χ0n) is 16.3. The van der Waals surface area contributed by atoms with E-state index in [1.807, 2.05) is 37.3 Å². The molecule has 0 fully saturated rings. The molecule has 0 heterocycles. The van der Waals surface area contributed by atoms with Crippen LogP contribution in [0, 0.1) is 0 Å². The SMILES string of the molecule is CCc1cc(CN(Oc2ccc(Cl)cc2)Oc2ccc(Cl)c(CC)c2)ccc1Cl. The highest BCUT2D eigenvalue weighted by Crippen LogP contribution is 2.26. The fourth-order valence-corrected chi connectivity index (χ4v) is 3.47. The Morgan fingerprint density at radius 1 is 0.690 bits per heavy atom. The van der Waals surface area contributed by atoms with Gasteiger partial charge in [-0.2, -0.15) is 0 Å². The number of benzene rings is 3. The standard InChI is InChI=1S/C23H22Cl3NO2/c1-3-17-13-16(5-11-22(17)25)15-27(28-20-8-6-19(24)7-9-20)29-21-10-12-23(26)18(4-2)14-21/h5-14H,3-4,15H2,1-2H3. The Morgan fingerprint density at radius 3 is 1.90 bits per heavy atom. The van der Waals surface area contributed by atoms with Crippen molar-refractivity contribution in [2.24, 2.45) is 0 Å². The summed E-state index contributed by atoms with van der Waals surface area (Å²) in [6.45, 7) is 4.52. The molecule has 152 valence electrons. The molecule has 0 atom stereocenters. The van der Waals surface area contributed by atoms with E-state index in [0.717, 1.165) is 39.6 Å². The van der Waals surface area contributed by atoms with E-state index >= 15 is 0 Å². The van der Waals surface area contributed by atoms with Gasteiger partial charge in [-0.1, -0.05) is 60.8 Å². The first-order valence-electron chi connectivity index (χ1n) is 9.43. The number of nitrogens with zero attached hydrogens (tertiary/aromatic N) is 1. The number of hydroxylamine groups is 2. The highest BCUT2D eigenvalue weighted by Gasteiger charge is 2.14. The monoisotopic (exact) mass is 449 g/mol. The van der Waals surface area contributed by atoms with Crippen molar-refractivity contribution in [3.05, 3.63) is 92.4 Å². The second-order valence-corrected chi connectivity index (χ2v) is 7.76. The summed E-state index contributed by atoms with van der Waals surface area (Å²) in [5.74, 6) is 1.26. The molecule has 3 nitrogen and oxygen atoms in total. The predicted molar refractivity (Wildman–Crippen MR) is 120 cm³/mol. The molecular weight excluding hydrogens is 429 g/mol. The Kier molecular flexibility index (Phi) is 7.68. The normalized spacial score (nSPS) is 11.0. The molecule has 0 radical (unpaired) electrons. The molecule has 0 spiro atoms. The van der Waals surface area contributed by atoms with Crippen molar-refractivity contribution in [3.63, 3.8) is 0 Å². The van der Waals surface area contributed by atoms with Gasteiger partial charge in [0.1, 0.15) is 0 Å². The van der Waals surface area contributed by atoms with Crippen LogP contribution in [0.2, 0.25) is 15.1 Å². The first-order chi connectivity index (χ1) is 14.0. The average molecular weight is 451 g/mol. The van der Waals surface area contributed by atoms with Gasteiger partial charge >= 0.3 is 0 Å². The molecule has 0 amide bonds. The largest absolute Gasteiger partial charge is 0.371 e. The zero-order chi connectivity index (χ0) is 20.8. The molecule has 0 aliphatic rings. The summed E-state index contributed by atoms with van der Waals surface area (Å²) in [6, 6.07) is 18.6. The average Bonchev–Trinajstić information content (AvgIpc) is 2.72. The van der Waals surface area contributed by atoms with Crippen molar-refractivity contribution < 1.29 is 9.68 Å². The molecule has 0 saturated heterocycles. The van der Waals surface area contributed by atoms with Gasteiger partial charge in [0, 0.05) is 20.3 Å². The second kappa shape index (κ2) is 10.2. The molecular formula is C23H22Cl3NO2. The molecule has 6 heteroatoms. The van der Waals surface area contributed by atoms with Gasteiger partial charge in [-0.05, 0) is 78.1 Å². The second-order valence-electron chi connectivity index (χ2n) is 6.51. The quantitative estimate of drug-likeness (QED) is 0.330. The van der Waals surface area contributed by atoms with Crippen molar-refractivity contribution >= 4 is 34.8 Å². The molecule has 0 aromatic heterocycles. The Morgan fingerprint density at radius 2 is 1.24 bits per heavy atom. The molecule has 0 N–H and O–H groups in total. The van der Waals surface area contributed by atoms with E-state index in [-0.39, 0.29) is 0 Å². The van der Waals surface area contributed by atoms with E-state index in [0.29, 0.717) is 23.1 Å². The van der Waals surface area contributed by atoms with Crippen LogP contribution >= 0.6 is 34.8 Å². The highest BCUT2D eigenvalue weighted by atomic mass is 35.5. The first-order valence-corrected chi connectivity index (χ1v) is 10.6. The Labute approximate surface area is 186 Å². The van der Waals surface area contributed by atoms with Gasteiger partial charge in [0.15, 0.2) is 11.5 Å². The van der Waals surface area contributed by atoms with Crippen LogP contribution in [0.15, 0.2) is 60.7 Å². The predicted octanol–water partition coefficient (Wildman–Crippen LogP) is 7.56. The van der Waals surface area contributed by atoms with Crippen LogP contribution in [-0.4, -0.2) is 5.23 Å². The minimum absolute atomic E-state index is 0.400. The van der Waals surface area contributed by atoms with Gasteiger partial charge in [0.05, 0.1) is 6.54 Å². The summed E-state index contributed by atoms with van der Waals surface area (Å²) in [5, 5.41) is 3.55. The maximum atomic E-state index is 6.25. The summed E-state index contributed by atoms with van der Waals surface area (Å²) in [5.41, 5.74) is 3.11. The van der Waals surface area contributed by atoms with Crippen molar-refractivity contribution in [3.8, 4) is 11.5 Å². The summed E-state index contributed by atoms with van der Waals surface area (Å²) >= 11 is 18.5. The topological polar surface area (TPSA) is 21.7 Å². The van der Waals surface area contributed by atoms with Gasteiger partial charge in [-0.25, -0.2) is 0 Å². The zero-order valence-corrected chi connectivity index (χ0v) is 18.6. The highest BCUT2D eigenvalue weighted by molar-refractivity contribution is 6.31. The Balaban J connectivity index is 1.85. The first kappa shape index (κ1) is 21.8. The van der Waals surface area contributed by atoms with Crippen LogP contribution in [-0.2, 0) is 19.4 Å². The number of hydrogen-bond acceptors (Lipinski definition) is 3. The molecule has 3 aromatic rings. The fourth-order valence-electron chi connectivity index (χ4n) is 2.84. The molecule has 3 aromatic carbocycles. The lowest BCUT2D eigenvalue weighted by molar-refractivity contribution is -0.264. The van der Waals surface area contributed by atoms with E-state index in [9.17, 15) is 0 Å². The summed E-state index contributed by atoms with van der Waals surface area (Å²) < 4.78 is 0. The lowest BCUT2D eigenvalue weighted by Gasteiger charge is -2.23. The molecule has 0 bridgehead atoms. The Bertz CT molecular complexity index is 905. The van der Waals surface area contributed by atoms with Crippen LogP contribution in [0.4, 0.5) is 0 Å². The number of rotatable bonds is 8. The summed E-state index contributed by atoms with van der Waals surface area (Å²) in [6.07, 6.45) is 1.66. The van der Waals surface area contributed by atoms with Crippen molar-refractivity contribution in [1.82, 2.24) is 5.23 Å². The van der Waals surface area contributed by atoms with Crippen molar-refractivity contribution in [2.75, 3.05) is 0 Å². The molecule has 0 aliphatic heterocycles. The maximum Gasteiger partial charge on any atom is 0.152 e. The van der Waals surface area contributed by atoms with Crippen molar-refractivity contribution in [1.29, 1.82) is 0 Å². The van der Waals surface area contributed by atoms with Crippen LogP contribution in [0.3, 0.4) is 0 Å². The van der Waals surface area contributed by atoms with E-state index < -0.39 is 0 Å². The van der Waals surface area contributed by atoms with Crippen LogP contribution < -0.4 is 9.68 Å². The van der Waals surface area contributed by atoms with E-state index in [1.54, 1.807) is 24.3 Å². The summed E-state index contributed by atoms with van der Waals surface area (Å²) in [4.78, 5) is 12.0. The molecule has 0 aliphatic carbocycles. The third kappa shape index (κ3) is 6.03. The van der Waals surface area contributed by atoms with Crippen molar-refractivity contribution in [2.45, 2.75) is 33.2 Å². The van der Waals surface area contributed by atoms with E-state index in [1.165, 1.54) is 5.23 Å². The smallest absolute Gasteiger partial charge is 0.152 e. The van der Waals surface area contributed by atoms with Gasteiger partial charge in [0.2, 0.25) is 0 Å². The third-order valence-corrected chi connectivity index (χ3v) is 5.42. The maximum absolute atomic E-state index is 6.25. The van der Waals surface area contributed by atoms with Crippen LogP contribution in [0.1, 0.15) is 30.5 Å². The van der Waals surface area contributed by atoms with E-state index in [2.05, 4.69) is 13.0 Å². The van der Waals surface area contributed by atoms with Crippen LogP contribution in [0.25, 0.3) is 0 Å². The minimum Gasteiger partial charge on any atom is -0.371 e. The minimum atomic E-state index is 0.400. The lowest BCUT2D eigenvalue weighted by atomic mass is 10.1. The lowest BCUT2D eigenvalue weighted by Crippen LogP contribution is -2.30. The van der Waals surface area contributed by atoms with Gasteiger partial charge < -0.3 is 9.68 Å². The molecule has 29 heavy (non-hydrogen) atoms. The number of hydrogen-bond donors (Lipinski definition) is 0. The molecule has 3 rings (SSSR count). The molecule has 0 saturated carbocycles. The number of aryl methyl sites for hydroxylation is 2. The van der Waals surface area contributed by atoms with Gasteiger partial charge in [-0.3, -0.25) is 0 Å². The van der Waals surface area contributed by atoms with Crippen LogP contribution in [0.5, 0.6) is 11.5 Å². The summed E-state index contributed by atoms with van der Waals surface area (Å²) in [7, 11) is 0. The number of halogens is 3. The fraction of sp³-hybridized carbons (Fsp3) is 0.217.